The minimum atomic E-state index is -0.0912. The molecule has 0 radical (unpaired) electrons. The van der Waals surface area contributed by atoms with Crippen LogP contribution in [0.3, 0.4) is 0 Å². The van der Waals surface area contributed by atoms with Crippen molar-refractivity contribution < 1.29 is 9.32 Å². The number of benzene rings is 3. The van der Waals surface area contributed by atoms with Crippen LogP contribution >= 0.6 is 0 Å². The first-order chi connectivity index (χ1) is 16.2. The number of urea groups is 1. The van der Waals surface area contributed by atoms with Crippen LogP contribution in [-0.2, 0) is 6.54 Å². The van der Waals surface area contributed by atoms with Crippen LogP contribution in [-0.4, -0.2) is 47.2 Å². The highest BCUT2D eigenvalue weighted by molar-refractivity contribution is 5.98. The summed E-state index contributed by atoms with van der Waals surface area (Å²) in [5.41, 5.74) is 4.51. The molecule has 2 atom stereocenters. The third-order valence-corrected chi connectivity index (χ3v) is 6.92. The third kappa shape index (κ3) is 3.98. The number of hydrogen-bond acceptors (Lipinski definition) is 4. The molecule has 6 heteroatoms. The molecule has 1 N–H and O–H groups in total. The molecule has 2 fully saturated rings. The van der Waals surface area contributed by atoms with E-state index in [9.17, 15) is 4.79 Å². The lowest BCUT2D eigenvalue weighted by Gasteiger charge is -2.21. The fourth-order valence-electron chi connectivity index (χ4n) is 5.23. The van der Waals surface area contributed by atoms with Crippen molar-refractivity contribution in [3.05, 3.63) is 84.4 Å². The molecule has 0 aliphatic carbocycles. The number of rotatable bonds is 4. The summed E-state index contributed by atoms with van der Waals surface area (Å²) in [5, 5.41) is 7.78. The Hall–Kier alpha value is -3.64. The van der Waals surface area contributed by atoms with Crippen molar-refractivity contribution in [1.82, 2.24) is 15.0 Å². The Labute approximate surface area is 192 Å². The number of anilines is 1. The summed E-state index contributed by atoms with van der Waals surface area (Å²) in [5.74, 6) is 1.54. The van der Waals surface area contributed by atoms with E-state index in [1.807, 2.05) is 35.2 Å². The number of carbonyl (C=O) groups is 1. The molecule has 1 aromatic heterocycles. The van der Waals surface area contributed by atoms with Crippen molar-refractivity contribution in [2.75, 3.05) is 31.5 Å². The lowest BCUT2D eigenvalue weighted by molar-refractivity contribution is 0.211. The summed E-state index contributed by atoms with van der Waals surface area (Å²) in [6.45, 7) is 4.59. The number of aromatic nitrogens is 1. The summed E-state index contributed by atoms with van der Waals surface area (Å²) < 4.78 is 5.30. The van der Waals surface area contributed by atoms with Crippen molar-refractivity contribution in [2.24, 2.45) is 11.8 Å². The van der Waals surface area contributed by atoms with Crippen LogP contribution in [0.2, 0.25) is 0 Å². The highest BCUT2D eigenvalue weighted by Crippen LogP contribution is 2.33. The van der Waals surface area contributed by atoms with E-state index in [0.717, 1.165) is 38.1 Å². The molecule has 2 aliphatic rings. The van der Waals surface area contributed by atoms with E-state index in [-0.39, 0.29) is 6.03 Å². The van der Waals surface area contributed by atoms with Crippen LogP contribution in [0, 0.1) is 11.8 Å². The monoisotopic (exact) mass is 438 g/mol. The lowest BCUT2D eigenvalue weighted by atomic mass is 10.0. The molecule has 6 nitrogen and oxygen atoms in total. The molecule has 0 saturated carbocycles. The predicted octanol–water partition coefficient (Wildman–Crippen LogP) is 5.09. The van der Waals surface area contributed by atoms with Gasteiger partial charge in [-0.3, -0.25) is 10.2 Å². The Kier molecular flexibility index (Phi) is 5.07. The second kappa shape index (κ2) is 8.37. The second-order valence-corrected chi connectivity index (χ2v) is 9.14. The fraction of sp³-hybridized carbons (Fsp3) is 0.259. The van der Waals surface area contributed by atoms with Gasteiger partial charge in [-0.15, -0.1) is 0 Å². The van der Waals surface area contributed by atoms with Gasteiger partial charge in [-0.05, 0) is 40.7 Å². The summed E-state index contributed by atoms with van der Waals surface area (Å²) >= 11 is 0. The van der Waals surface area contributed by atoms with Crippen LogP contribution < -0.4 is 5.32 Å². The van der Waals surface area contributed by atoms with Gasteiger partial charge in [0.25, 0.3) is 0 Å². The molecular formula is C27H26N4O2. The van der Waals surface area contributed by atoms with Crippen molar-refractivity contribution in [3.8, 4) is 11.1 Å². The number of nitrogens with zero attached hydrogens (tertiary/aromatic N) is 3. The molecule has 6 rings (SSSR count). The van der Waals surface area contributed by atoms with E-state index in [2.05, 4.69) is 63.9 Å². The van der Waals surface area contributed by atoms with Crippen LogP contribution in [0.25, 0.3) is 22.1 Å². The average Bonchev–Trinajstić information content (AvgIpc) is 3.54. The molecule has 0 bridgehead atoms. The Bertz CT molecular complexity index is 1250. The number of nitrogens with one attached hydrogen (secondary N) is 1. The summed E-state index contributed by atoms with van der Waals surface area (Å²) in [6, 6.07) is 26.8. The van der Waals surface area contributed by atoms with E-state index in [1.54, 1.807) is 0 Å². The maximum absolute atomic E-state index is 12.8. The Morgan fingerprint density at radius 1 is 0.848 bits per heavy atom. The van der Waals surface area contributed by atoms with Crippen LogP contribution in [0.5, 0.6) is 0 Å². The molecule has 33 heavy (non-hydrogen) atoms. The Morgan fingerprint density at radius 2 is 1.52 bits per heavy atom. The zero-order valence-corrected chi connectivity index (χ0v) is 18.4. The molecule has 0 spiro atoms. The van der Waals surface area contributed by atoms with Gasteiger partial charge in [0.05, 0.1) is 5.39 Å². The predicted molar refractivity (Wildman–Crippen MR) is 129 cm³/mol. The first-order valence-electron chi connectivity index (χ1n) is 11.5. The van der Waals surface area contributed by atoms with Crippen molar-refractivity contribution in [2.45, 2.75) is 6.54 Å². The second-order valence-electron chi connectivity index (χ2n) is 9.14. The zero-order chi connectivity index (χ0) is 22.2. The molecular weight excluding hydrogens is 412 g/mol. The van der Waals surface area contributed by atoms with E-state index in [4.69, 9.17) is 4.52 Å². The van der Waals surface area contributed by atoms with E-state index >= 15 is 0 Å². The SMILES string of the molecule is O=C(Nc1noc2ccccc12)N1CC2CN(Cc3ccc(-c4ccccc4)cc3)CC2C1. The fourth-order valence-corrected chi connectivity index (χ4v) is 5.23. The highest BCUT2D eigenvalue weighted by atomic mass is 16.5. The minimum absolute atomic E-state index is 0.0912. The molecule has 2 saturated heterocycles. The zero-order valence-electron chi connectivity index (χ0n) is 18.4. The van der Waals surface area contributed by atoms with Gasteiger partial charge in [0.15, 0.2) is 11.4 Å². The van der Waals surface area contributed by atoms with Crippen molar-refractivity contribution >= 4 is 22.8 Å². The normalized spacial score (nSPS) is 20.3. The Balaban J connectivity index is 1.04. The van der Waals surface area contributed by atoms with Gasteiger partial charge < -0.3 is 9.42 Å². The molecule has 2 unspecified atom stereocenters. The largest absolute Gasteiger partial charge is 0.354 e. The van der Waals surface area contributed by atoms with E-state index in [0.29, 0.717) is 23.2 Å². The highest BCUT2D eigenvalue weighted by Gasteiger charge is 2.41. The van der Waals surface area contributed by atoms with Gasteiger partial charge >= 0.3 is 6.03 Å². The molecule has 166 valence electrons. The maximum atomic E-state index is 12.8. The van der Waals surface area contributed by atoms with Gasteiger partial charge in [0.2, 0.25) is 0 Å². The number of amides is 2. The minimum Gasteiger partial charge on any atom is -0.354 e. The number of carbonyl (C=O) groups excluding carboxylic acids is 1. The lowest BCUT2D eigenvalue weighted by Crippen LogP contribution is -2.36. The van der Waals surface area contributed by atoms with E-state index < -0.39 is 0 Å². The van der Waals surface area contributed by atoms with Crippen LogP contribution in [0.1, 0.15) is 5.56 Å². The smallest absolute Gasteiger partial charge is 0.323 e. The molecule has 2 aliphatic heterocycles. The standard InChI is InChI=1S/C27H26N4O2/c32-27(28-26-24-8-4-5-9-25(24)33-29-26)31-17-22-15-30(16-23(22)18-31)14-19-10-12-21(13-11-19)20-6-2-1-3-7-20/h1-13,22-23H,14-18H2,(H,28,29,32). The Morgan fingerprint density at radius 3 is 2.27 bits per heavy atom. The van der Waals surface area contributed by atoms with Crippen LogP contribution in [0.15, 0.2) is 83.4 Å². The first kappa shape index (κ1) is 20.0. The van der Waals surface area contributed by atoms with Gasteiger partial charge in [-0.25, -0.2) is 4.79 Å². The number of likely N-dealkylation sites (tertiary alicyclic amines) is 2. The van der Waals surface area contributed by atoms with Crippen molar-refractivity contribution in [3.63, 3.8) is 0 Å². The maximum Gasteiger partial charge on any atom is 0.323 e. The molecule has 4 aromatic rings. The van der Waals surface area contributed by atoms with Crippen molar-refractivity contribution in [1.29, 1.82) is 0 Å². The average molecular weight is 439 g/mol. The summed E-state index contributed by atoms with van der Waals surface area (Å²) in [7, 11) is 0. The quantitative estimate of drug-likeness (QED) is 0.482. The van der Waals surface area contributed by atoms with Gasteiger partial charge in [0, 0.05) is 32.7 Å². The molecule has 2 amide bonds. The number of fused-ring (bicyclic) bond motifs is 2. The topological polar surface area (TPSA) is 61.6 Å². The molecule has 3 aromatic carbocycles. The summed E-state index contributed by atoms with van der Waals surface area (Å²) in [6.07, 6.45) is 0. The number of hydrogen-bond donors (Lipinski definition) is 1. The first-order valence-corrected chi connectivity index (χ1v) is 11.5. The van der Waals surface area contributed by atoms with Gasteiger partial charge in [0.1, 0.15) is 0 Å². The van der Waals surface area contributed by atoms with E-state index in [1.165, 1.54) is 16.7 Å². The van der Waals surface area contributed by atoms with Gasteiger partial charge in [-0.2, -0.15) is 0 Å². The summed E-state index contributed by atoms with van der Waals surface area (Å²) in [4.78, 5) is 17.3. The van der Waals surface area contributed by atoms with Gasteiger partial charge in [-0.1, -0.05) is 71.9 Å². The third-order valence-electron chi connectivity index (χ3n) is 6.92. The van der Waals surface area contributed by atoms with Crippen LogP contribution in [0.4, 0.5) is 10.6 Å². The molecule has 3 heterocycles. The number of para-hydroxylation sites is 1.